The normalized spacial score (nSPS) is 12.8. The monoisotopic (exact) mass is 591 g/mol. The Hall–Kier alpha value is -5.36. The van der Waals surface area contributed by atoms with Crippen molar-refractivity contribution in [3.63, 3.8) is 0 Å². The van der Waals surface area contributed by atoms with Gasteiger partial charge in [0, 0.05) is 41.5 Å². The molecule has 7 rings (SSSR count). The van der Waals surface area contributed by atoms with Gasteiger partial charge in [-0.3, -0.25) is 0 Å². The SMILES string of the molecule is Cc1cc(C(C)(C)C)cc(C)c1N1CN(c2cccc(Oc3cccc(-n4cc(-c5ccccc5)cn4)c3)c2)c2ncccc21. The molecule has 1 aliphatic rings. The van der Waals surface area contributed by atoms with Crippen molar-refractivity contribution in [2.45, 2.75) is 40.0 Å². The molecule has 0 bridgehead atoms. The summed E-state index contributed by atoms with van der Waals surface area (Å²) in [6.07, 6.45) is 5.79. The number of fused-ring (bicyclic) bond motifs is 1. The summed E-state index contributed by atoms with van der Waals surface area (Å²) in [4.78, 5) is 9.46. The summed E-state index contributed by atoms with van der Waals surface area (Å²) in [7, 11) is 0. The van der Waals surface area contributed by atoms with E-state index in [-0.39, 0.29) is 5.41 Å². The van der Waals surface area contributed by atoms with Crippen LogP contribution in [0, 0.1) is 13.8 Å². The van der Waals surface area contributed by atoms with Crippen molar-refractivity contribution in [3.05, 3.63) is 138 Å². The van der Waals surface area contributed by atoms with Gasteiger partial charge in [0.2, 0.25) is 0 Å². The summed E-state index contributed by atoms with van der Waals surface area (Å²) in [5.74, 6) is 2.43. The lowest BCUT2D eigenvalue weighted by Crippen LogP contribution is -2.25. The molecule has 0 amide bonds. The van der Waals surface area contributed by atoms with E-state index in [2.05, 4.69) is 92.0 Å². The number of benzene rings is 4. The topological polar surface area (TPSA) is 46.4 Å². The maximum atomic E-state index is 6.41. The van der Waals surface area contributed by atoms with Crippen molar-refractivity contribution in [3.8, 4) is 28.3 Å². The lowest BCUT2D eigenvalue weighted by Gasteiger charge is -2.28. The Balaban J connectivity index is 1.16. The summed E-state index contributed by atoms with van der Waals surface area (Å²) in [6.45, 7) is 11.9. The van der Waals surface area contributed by atoms with Crippen molar-refractivity contribution >= 4 is 22.9 Å². The number of hydrogen-bond acceptors (Lipinski definition) is 5. The predicted molar refractivity (Wildman–Crippen MR) is 184 cm³/mol. The Kier molecular flexibility index (Phi) is 7.13. The highest BCUT2D eigenvalue weighted by atomic mass is 16.5. The second-order valence-corrected chi connectivity index (χ2v) is 12.7. The van der Waals surface area contributed by atoms with Crippen LogP contribution >= 0.6 is 0 Å². The summed E-state index contributed by atoms with van der Waals surface area (Å²) in [5.41, 5.74) is 10.5. The molecule has 0 radical (unpaired) electrons. The smallest absolute Gasteiger partial charge is 0.158 e. The van der Waals surface area contributed by atoms with Crippen molar-refractivity contribution in [1.82, 2.24) is 14.8 Å². The van der Waals surface area contributed by atoms with Crippen LogP contribution in [0.25, 0.3) is 16.8 Å². The number of nitrogens with zero attached hydrogens (tertiary/aromatic N) is 5. The van der Waals surface area contributed by atoms with E-state index in [0.29, 0.717) is 6.67 Å². The second kappa shape index (κ2) is 11.3. The van der Waals surface area contributed by atoms with Gasteiger partial charge in [0.25, 0.3) is 0 Å². The molecule has 2 aromatic heterocycles. The van der Waals surface area contributed by atoms with Crippen molar-refractivity contribution < 1.29 is 4.74 Å². The molecular weight excluding hydrogens is 554 g/mol. The van der Waals surface area contributed by atoms with E-state index in [4.69, 9.17) is 9.72 Å². The highest BCUT2D eigenvalue weighted by Gasteiger charge is 2.31. The van der Waals surface area contributed by atoms with Gasteiger partial charge in [-0.05, 0) is 77.9 Å². The fourth-order valence-electron chi connectivity index (χ4n) is 6.09. The van der Waals surface area contributed by atoms with Crippen molar-refractivity contribution in [2.24, 2.45) is 0 Å². The molecule has 0 atom stereocenters. The highest BCUT2D eigenvalue weighted by molar-refractivity contribution is 5.86. The zero-order valence-electron chi connectivity index (χ0n) is 26.4. The van der Waals surface area contributed by atoms with E-state index in [0.717, 1.165) is 45.5 Å². The summed E-state index contributed by atoms with van der Waals surface area (Å²) in [5, 5.41) is 4.60. The van der Waals surface area contributed by atoms with E-state index in [1.807, 2.05) is 83.9 Å². The summed E-state index contributed by atoms with van der Waals surface area (Å²) < 4.78 is 8.29. The number of pyridine rings is 1. The Labute approximate surface area is 265 Å². The standard InChI is InChI=1S/C39H37N5O/c1-27-20-31(39(3,4)5)21-28(2)37(27)43-26-42(38-36(43)18-11-19-40-38)32-14-9-16-34(22-32)45-35-17-10-15-33(23-35)44-25-30(24-41-44)29-12-7-6-8-13-29/h6-25H,26H2,1-5H3. The molecule has 6 nitrogen and oxygen atoms in total. The maximum absolute atomic E-state index is 6.41. The second-order valence-electron chi connectivity index (χ2n) is 12.7. The molecule has 6 aromatic rings. The maximum Gasteiger partial charge on any atom is 0.158 e. The van der Waals surface area contributed by atoms with Crippen LogP contribution in [-0.4, -0.2) is 21.4 Å². The molecule has 45 heavy (non-hydrogen) atoms. The van der Waals surface area contributed by atoms with Crippen LogP contribution in [0.1, 0.15) is 37.5 Å². The summed E-state index contributed by atoms with van der Waals surface area (Å²) in [6, 6.07) is 35.3. The zero-order chi connectivity index (χ0) is 31.1. The van der Waals surface area contributed by atoms with E-state index in [1.54, 1.807) is 0 Å². The van der Waals surface area contributed by atoms with Gasteiger partial charge < -0.3 is 14.5 Å². The van der Waals surface area contributed by atoms with Gasteiger partial charge in [-0.1, -0.05) is 75.4 Å². The van der Waals surface area contributed by atoms with Crippen LogP contribution < -0.4 is 14.5 Å². The van der Waals surface area contributed by atoms with Gasteiger partial charge in [0.15, 0.2) is 5.82 Å². The molecule has 3 heterocycles. The molecule has 0 fully saturated rings. The van der Waals surface area contributed by atoms with Gasteiger partial charge in [0.05, 0.1) is 17.6 Å². The average Bonchev–Trinajstić information content (AvgIpc) is 3.68. The fraction of sp³-hybridized carbons (Fsp3) is 0.179. The van der Waals surface area contributed by atoms with Gasteiger partial charge in [-0.25, -0.2) is 9.67 Å². The molecule has 6 heteroatoms. The minimum Gasteiger partial charge on any atom is -0.457 e. The molecule has 0 saturated heterocycles. The first-order valence-electron chi connectivity index (χ1n) is 15.3. The fourth-order valence-corrected chi connectivity index (χ4v) is 6.09. The largest absolute Gasteiger partial charge is 0.457 e. The first-order valence-corrected chi connectivity index (χ1v) is 15.3. The van der Waals surface area contributed by atoms with Crippen LogP contribution in [0.4, 0.5) is 22.9 Å². The Bertz CT molecular complexity index is 1970. The molecule has 224 valence electrons. The molecule has 4 aromatic carbocycles. The van der Waals surface area contributed by atoms with Crippen LogP contribution in [0.5, 0.6) is 11.5 Å². The molecule has 0 spiro atoms. The average molecular weight is 592 g/mol. The summed E-state index contributed by atoms with van der Waals surface area (Å²) >= 11 is 0. The van der Waals surface area contributed by atoms with E-state index in [9.17, 15) is 0 Å². The highest BCUT2D eigenvalue weighted by Crippen LogP contribution is 2.46. The van der Waals surface area contributed by atoms with Crippen LogP contribution in [0.15, 0.2) is 122 Å². The van der Waals surface area contributed by atoms with Gasteiger partial charge in [-0.2, -0.15) is 5.10 Å². The number of rotatable bonds is 6. The molecular formula is C39H37N5O. The zero-order valence-corrected chi connectivity index (χ0v) is 26.4. The third kappa shape index (κ3) is 5.55. The molecule has 0 N–H and O–H groups in total. The van der Waals surface area contributed by atoms with Gasteiger partial charge in [0.1, 0.15) is 18.2 Å². The van der Waals surface area contributed by atoms with E-state index < -0.39 is 0 Å². The van der Waals surface area contributed by atoms with Crippen LogP contribution in [0.2, 0.25) is 0 Å². The van der Waals surface area contributed by atoms with Crippen molar-refractivity contribution in [1.29, 1.82) is 0 Å². The third-order valence-electron chi connectivity index (χ3n) is 8.36. The van der Waals surface area contributed by atoms with Crippen LogP contribution in [0.3, 0.4) is 0 Å². The minimum atomic E-state index is 0.0913. The molecule has 0 saturated carbocycles. The Morgan fingerprint density at radius 2 is 1.38 bits per heavy atom. The minimum absolute atomic E-state index is 0.0913. The lowest BCUT2D eigenvalue weighted by atomic mass is 9.84. The first kappa shape index (κ1) is 28.4. The molecule has 0 unspecified atom stereocenters. The number of ether oxygens (including phenoxy) is 1. The number of anilines is 4. The van der Waals surface area contributed by atoms with Gasteiger partial charge >= 0.3 is 0 Å². The van der Waals surface area contributed by atoms with Gasteiger partial charge in [-0.15, -0.1) is 0 Å². The molecule has 0 aliphatic carbocycles. The quantitative estimate of drug-likeness (QED) is 0.193. The molecule has 1 aliphatic heterocycles. The predicted octanol–water partition coefficient (Wildman–Crippen LogP) is 9.89. The van der Waals surface area contributed by atoms with E-state index in [1.165, 1.54) is 22.4 Å². The van der Waals surface area contributed by atoms with E-state index >= 15 is 0 Å². The Morgan fingerprint density at radius 3 is 2.09 bits per heavy atom. The lowest BCUT2D eigenvalue weighted by molar-refractivity contribution is 0.482. The van der Waals surface area contributed by atoms with Crippen LogP contribution in [-0.2, 0) is 5.41 Å². The number of aromatic nitrogens is 3. The number of hydrogen-bond donors (Lipinski definition) is 0. The van der Waals surface area contributed by atoms with Crippen molar-refractivity contribution in [2.75, 3.05) is 16.5 Å². The number of aryl methyl sites for hydroxylation is 2. The Morgan fingerprint density at radius 1 is 0.689 bits per heavy atom. The third-order valence-corrected chi connectivity index (χ3v) is 8.36. The first-order chi connectivity index (χ1) is 21.7.